The van der Waals surface area contributed by atoms with E-state index in [2.05, 4.69) is 10.6 Å². The molecule has 0 aromatic heterocycles. The van der Waals surface area contributed by atoms with Gasteiger partial charge in [-0.25, -0.2) is 4.79 Å². The van der Waals surface area contributed by atoms with Crippen molar-refractivity contribution in [2.45, 2.75) is 32.2 Å². The minimum atomic E-state index is -0.526. The van der Waals surface area contributed by atoms with E-state index in [1.807, 2.05) is 13.8 Å². The van der Waals surface area contributed by atoms with Crippen LogP contribution in [-0.4, -0.2) is 47.9 Å². The van der Waals surface area contributed by atoms with Gasteiger partial charge in [-0.3, -0.25) is 14.9 Å². The van der Waals surface area contributed by atoms with E-state index in [1.165, 1.54) is 4.90 Å². The molecule has 7 heteroatoms. The monoisotopic (exact) mass is 256 g/mol. The van der Waals surface area contributed by atoms with Crippen molar-refractivity contribution in [1.82, 2.24) is 15.5 Å². The molecule has 0 saturated carbocycles. The number of hydrogen-bond donors (Lipinski definition) is 3. The topological polar surface area (TPSA) is 105 Å². The summed E-state index contributed by atoms with van der Waals surface area (Å²) in [4.78, 5) is 35.3. The summed E-state index contributed by atoms with van der Waals surface area (Å²) in [6.45, 7) is 4.04. The molecule has 1 heterocycles. The number of nitrogens with zero attached hydrogens (tertiary/aromatic N) is 1. The van der Waals surface area contributed by atoms with Crippen LogP contribution in [0.4, 0.5) is 4.79 Å². The normalized spacial score (nSPS) is 15.8. The zero-order valence-electron chi connectivity index (χ0n) is 10.8. The average molecular weight is 256 g/mol. The number of carbonyl (C=O) groups excluding carboxylic acids is 3. The van der Waals surface area contributed by atoms with Crippen LogP contribution in [0.2, 0.25) is 0 Å². The van der Waals surface area contributed by atoms with Gasteiger partial charge in [0.2, 0.25) is 11.8 Å². The fourth-order valence-corrected chi connectivity index (χ4v) is 1.89. The largest absolute Gasteiger partial charge is 0.348 e. The first-order chi connectivity index (χ1) is 8.46. The van der Waals surface area contributed by atoms with E-state index in [0.717, 1.165) is 12.8 Å². The van der Waals surface area contributed by atoms with Crippen LogP contribution in [0.1, 0.15) is 26.7 Å². The number of nitrogens with one attached hydrogen (secondary N) is 2. The highest BCUT2D eigenvalue weighted by Crippen LogP contribution is 2.13. The van der Waals surface area contributed by atoms with Crippen molar-refractivity contribution in [3.8, 4) is 0 Å². The van der Waals surface area contributed by atoms with Crippen molar-refractivity contribution in [1.29, 1.82) is 0 Å². The van der Waals surface area contributed by atoms with Gasteiger partial charge in [-0.05, 0) is 12.8 Å². The molecular weight excluding hydrogens is 236 g/mol. The zero-order chi connectivity index (χ0) is 13.8. The predicted molar refractivity (Wildman–Crippen MR) is 65.6 cm³/mol. The Kier molecular flexibility index (Phi) is 4.66. The Labute approximate surface area is 106 Å². The first-order valence-electron chi connectivity index (χ1n) is 6.06. The molecular formula is C11H20N4O3. The lowest BCUT2D eigenvalue weighted by atomic mass is 9.93. The second kappa shape index (κ2) is 5.81. The Hall–Kier alpha value is -1.63. The molecule has 0 unspecified atom stereocenters. The second-order valence-corrected chi connectivity index (χ2v) is 4.45. The molecule has 18 heavy (non-hydrogen) atoms. The van der Waals surface area contributed by atoms with Crippen LogP contribution in [0.25, 0.3) is 0 Å². The van der Waals surface area contributed by atoms with E-state index < -0.39 is 11.6 Å². The molecule has 0 radical (unpaired) electrons. The maximum atomic E-state index is 11.8. The summed E-state index contributed by atoms with van der Waals surface area (Å²) in [7, 11) is 0. The molecule has 102 valence electrons. The average Bonchev–Trinajstić information content (AvgIpc) is 2.65. The van der Waals surface area contributed by atoms with Crippen molar-refractivity contribution < 1.29 is 14.4 Å². The lowest BCUT2D eigenvalue weighted by Gasteiger charge is -2.32. The first kappa shape index (κ1) is 14.4. The predicted octanol–water partition coefficient (Wildman–Crippen LogP) is -0.828. The third kappa shape index (κ3) is 3.19. The summed E-state index contributed by atoms with van der Waals surface area (Å²) >= 11 is 0. The molecule has 1 rings (SSSR count). The van der Waals surface area contributed by atoms with Crippen LogP contribution < -0.4 is 16.4 Å². The van der Waals surface area contributed by atoms with Crippen molar-refractivity contribution in [3.05, 3.63) is 0 Å². The van der Waals surface area contributed by atoms with Gasteiger partial charge in [0.15, 0.2) is 0 Å². The van der Waals surface area contributed by atoms with E-state index in [9.17, 15) is 14.4 Å². The molecule has 1 aliphatic heterocycles. The molecule has 0 aromatic rings. The lowest BCUT2D eigenvalue weighted by Crippen LogP contribution is -2.55. The maximum Gasteiger partial charge on any atom is 0.325 e. The molecule has 0 spiro atoms. The van der Waals surface area contributed by atoms with Crippen molar-refractivity contribution in [3.63, 3.8) is 0 Å². The Morgan fingerprint density at radius 3 is 2.44 bits per heavy atom. The van der Waals surface area contributed by atoms with Gasteiger partial charge in [0.25, 0.3) is 0 Å². The van der Waals surface area contributed by atoms with Gasteiger partial charge in [0.1, 0.15) is 13.1 Å². The van der Waals surface area contributed by atoms with E-state index in [-0.39, 0.29) is 24.9 Å². The van der Waals surface area contributed by atoms with Gasteiger partial charge in [-0.2, -0.15) is 0 Å². The minimum absolute atomic E-state index is 0.0693. The van der Waals surface area contributed by atoms with Crippen LogP contribution in [0, 0.1) is 0 Å². The number of carbonyl (C=O) groups is 3. The smallest absolute Gasteiger partial charge is 0.325 e. The van der Waals surface area contributed by atoms with E-state index in [0.29, 0.717) is 6.54 Å². The van der Waals surface area contributed by atoms with Gasteiger partial charge < -0.3 is 16.0 Å². The number of rotatable bonds is 6. The van der Waals surface area contributed by atoms with Gasteiger partial charge in [-0.1, -0.05) is 13.8 Å². The Balaban J connectivity index is 2.56. The summed E-state index contributed by atoms with van der Waals surface area (Å²) in [5, 5.41) is 4.97. The first-order valence-corrected chi connectivity index (χ1v) is 6.06. The molecule has 0 aliphatic carbocycles. The Bertz CT molecular complexity index is 344. The fourth-order valence-electron chi connectivity index (χ4n) is 1.89. The van der Waals surface area contributed by atoms with Gasteiger partial charge >= 0.3 is 6.03 Å². The third-order valence-corrected chi connectivity index (χ3v) is 3.35. The highest BCUT2D eigenvalue weighted by Gasteiger charge is 2.31. The molecule has 4 N–H and O–H groups in total. The molecule has 4 amide bonds. The molecule has 0 bridgehead atoms. The zero-order valence-corrected chi connectivity index (χ0v) is 10.8. The fraction of sp³-hybridized carbons (Fsp3) is 0.727. The van der Waals surface area contributed by atoms with Gasteiger partial charge in [0.05, 0.1) is 5.54 Å². The number of amides is 4. The Morgan fingerprint density at radius 1 is 1.44 bits per heavy atom. The van der Waals surface area contributed by atoms with Crippen molar-refractivity contribution >= 4 is 17.8 Å². The van der Waals surface area contributed by atoms with E-state index in [1.54, 1.807) is 0 Å². The second-order valence-electron chi connectivity index (χ2n) is 4.45. The summed E-state index contributed by atoms with van der Waals surface area (Å²) in [6.07, 6.45) is 1.44. The maximum absolute atomic E-state index is 11.8. The van der Waals surface area contributed by atoms with E-state index in [4.69, 9.17) is 5.73 Å². The summed E-state index contributed by atoms with van der Waals surface area (Å²) in [6, 6.07) is -0.526. The molecule has 7 nitrogen and oxygen atoms in total. The highest BCUT2D eigenvalue weighted by atomic mass is 16.2. The van der Waals surface area contributed by atoms with Gasteiger partial charge in [-0.15, -0.1) is 0 Å². The number of hydrogen-bond acceptors (Lipinski definition) is 4. The Morgan fingerprint density at radius 2 is 2.06 bits per heavy atom. The summed E-state index contributed by atoms with van der Waals surface area (Å²) in [5.41, 5.74) is 5.24. The highest BCUT2D eigenvalue weighted by molar-refractivity contribution is 6.03. The molecule has 1 fully saturated rings. The van der Waals surface area contributed by atoms with Crippen molar-refractivity contribution in [2.24, 2.45) is 5.73 Å². The molecule has 1 aliphatic rings. The minimum Gasteiger partial charge on any atom is -0.348 e. The molecule has 0 atom stereocenters. The number of imide groups is 1. The molecule has 0 aromatic carbocycles. The van der Waals surface area contributed by atoms with Crippen LogP contribution in [0.5, 0.6) is 0 Å². The van der Waals surface area contributed by atoms with Crippen molar-refractivity contribution in [2.75, 3.05) is 19.6 Å². The molecule has 1 saturated heterocycles. The quantitative estimate of drug-likeness (QED) is 0.539. The summed E-state index contributed by atoms with van der Waals surface area (Å²) < 4.78 is 0. The van der Waals surface area contributed by atoms with E-state index >= 15 is 0 Å². The SMILES string of the molecule is CCC(CC)(CN)NC(=O)CN1CC(=O)NC1=O. The van der Waals surface area contributed by atoms with Crippen LogP contribution >= 0.6 is 0 Å². The van der Waals surface area contributed by atoms with Crippen LogP contribution in [0.3, 0.4) is 0 Å². The standard InChI is InChI=1S/C11H20N4O3/c1-3-11(4-2,7-12)14-9(17)6-15-5-8(16)13-10(15)18/h3-7,12H2,1-2H3,(H,14,17)(H,13,16,18). The summed E-state index contributed by atoms with van der Waals surface area (Å²) in [5.74, 6) is -0.683. The van der Waals surface area contributed by atoms with Crippen LogP contribution in [-0.2, 0) is 9.59 Å². The van der Waals surface area contributed by atoms with Gasteiger partial charge in [0, 0.05) is 6.54 Å². The number of nitrogens with two attached hydrogens (primary N) is 1. The van der Waals surface area contributed by atoms with Crippen LogP contribution in [0.15, 0.2) is 0 Å². The third-order valence-electron chi connectivity index (χ3n) is 3.35. The number of urea groups is 1. The lowest BCUT2D eigenvalue weighted by molar-refractivity contribution is -0.123.